The van der Waals surface area contributed by atoms with Gasteiger partial charge in [-0.05, 0) is 48.4 Å². The average molecular weight is 395 g/mol. The van der Waals surface area contributed by atoms with Crippen LogP contribution >= 0.6 is 0 Å². The quantitative estimate of drug-likeness (QED) is 0.527. The van der Waals surface area contributed by atoms with Gasteiger partial charge in [-0.3, -0.25) is 4.79 Å². The maximum atomic E-state index is 13.4. The van der Waals surface area contributed by atoms with E-state index in [1.165, 1.54) is 12.1 Å². The molecule has 0 atom stereocenters. The molecule has 0 bridgehead atoms. The molecule has 4 rings (SSSR count). The number of nitrogens with zero attached hydrogens (tertiary/aromatic N) is 2. The van der Waals surface area contributed by atoms with Crippen LogP contribution in [0.4, 0.5) is 4.39 Å². The van der Waals surface area contributed by atoms with Gasteiger partial charge in [-0.15, -0.1) is 0 Å². The first-order valence-corrected chi connectivity index (χ1v) is 9.04. The van der Waals surface area contributed by atoms with Gasteiger partial charge < -0.3 is 19.4 Å². The molecule has 0 fully saturated rings. The highest BCUT2D eigenvalue weighted by atomic mass is 19.1. The lowest BCUT2D eigenvalue weighted by atomic mass is 10.1. The fraction of sp³-hybridized carbons (Fsp3) is 0.190. The van der Waals surface area contributed by atoms with Crippen molar-refractivity contribution in [2.45, 2.75) is 13.8 Å². The second-order valence-electron chi connectivity index (χ2n) is 7.02. The molecule has 4 aromatic rings. The third-order valence-corrected chi connectivity index (χ3v) is 4.28. The molecule has 0 unspecified atom stereocenters. The first kappa shape index (κ1) is 18.7. The summed E-state index contributed by atoms with van der Waals surface area (Å²) in [5.74, 6) is 0.386. The number of H-pyrrole nitrogens is 1. The minimum atomic E-state index is -0.659. The molecule has 0 aliphatic carbocycles. The van der Waals surface area contributed by atoms with Crippen molar-refractivity contribution in [1.29, 1.82) is 0 Å². The molecule has 29 heavy (non-hydrogen) atoms. The Bertz CT molecular complexity index is 1230. The number of benzene rings is 2. The van der Waals surface area contributed by atoms with E-state index >= 15 is 0 Å². The van der Waals surface area contributed by atoms with Crippen LogP contribution in [0.1, 0.15) is 13.8 Å². The maximum absolute atomic E-state index is 13.4. The van der Waals surface area contributed by atoms with Crippen LogP contribution in [0, 0.1) is 11.7 Å². The maximum Gasteiger partial charge on any atom is 0.267 e. The van der Waals surface area contributed by atoms with E-state index in [1.54, 1.807) is 24.3 Å². The molecule has 0 spiro atoms. The van der Waals surface area contributed by atoms with Gasteiger partial charge in [0.15, 0.2) is 0 Å². The zero-order valence-corrected chi connectivity index (χ0v) is 15.8. The van der Waals surface area contributed by atoms with Gasteiger partial charge in [-0.2, -0.15) is 4.98 Å². The summed E-state index contributed by atoms with van der Waals surface area (Å²) in [6.07, 6.45) is 0. The number of hydrogen-bond donors (Lipinski definition) is 2. The molecule has 0 aliphatic heterocycles. The van der Waals surface area contributed by atoms with Crippen LogP contribution in [0.3, 0.4) is 0 Å². The largest absolute Gasteiger partial charge is 0.506 e. The van der Waals surface area contributed by atoms with Crippen LogP contribution in [0.5, 0.6) is 11.5 Å². The zero-order chi connectivity index (χ0) is 20.5. The highest BCUT2D eigenvalue weighted by molar-refractivity contribution is 5.90. The molecular formula is C21H18FN3O4. The second kappa shape index (κ2) is 7.38. The number of rotatable bonds is 5. The van der Waals surface area contributed by atoms with Crippen LogP contribution in [0.25, 0.3) is 33.7 Å². The number of pyridine rings is 1. The number of hydrogen-bond acceptors (Lipinski definition) is 6. The van der Waals surface area contributed by atoms with E-state index in [0.29, 0.717) is 18.1 Å². The summed E-state index contributed by atoms with van der Waals surface area (Å²) in [4.78, 5) is 19.1. The molecule has 2 aromatic carbocycles. The monoisotopic (exact) mass is 395 g/mol. The van der Waals surface area contributed by atoms with Crippen LogP contribution in [-0.4, -0.2) is 26.8 Å². The van der Waals surface area contributed by atoms with Crippen molar-refractivity contribution in [3.05, 3.63) is 58.6 Å². The fourth-order valence-electron chi connectivity index (χ4n) is 2.86. The Labute approximate surface area is 164 Å². The van der Waals surface area contributed by atoms with Crippen LogP contribution in [0.2, 0.25) is 0 Å². The van der Waals surface area contributed by atoms with Gasteiger partial charge in [0, 0.05) is 10.9 Å². The summed E-state index contributed by atoms with van der Waals surface area (Å²) in [5.41, 5.74) is 0.0108. The van der Waals surface area contributed by atoms with Gasteiger partial charge in [0.05, 0.1) is 12.1 Å². The summed E-state index contributed by atoms with van der Waals surface area (Å²) in [5, 5.41) is 14.7. The zero-order valence-electron chi connectivity index (χ0n) is 15.8. The molecule has 7 nitrogen and oxygen atoms in total. The highest BCUT2D eigenvalue weighted by Gasteiger charge is 2.20. The number of aromatic nitrogens is 3. The van der Waals surface area contributed by atoms with Gasteiger partial charge in [-0.1, -0.05) is 19.0 Å². The Morgan fingerprint density at radius 2 is 1.97 bits per heavy atom. The van der Waals surface area contributed by atoms with Gasteiger partial charge in [0.25, 0.3) is 11.4 Å². The number of fused-ring (bicyclic) bond motifs is 1. The van der Waals surface area contributed by atoms with Crippen molar-refractivity contribution >= 4 is 10.9 Å². The molecule has 2 N–H and O–H groups in total. The number of aromatic hydroxyl groups is 1. The van der Waals surface area contributed by atoms with Crippen molar-refractivity contribution < 1.29 is 18.8 Å². The molecule has 2 aromatic heterocycles. The minimum Gasteiger partial charge on any atom is -0.506 e. The summed E-state index contributed by atoms with van der Waals surface area (Å²) in [6, 6.07) is 10.8. The molecular weight excluding hydrogens is 377 g/mol. The first-order chi connectivity index (χ1) is 13.9. The van der Waals surface area contributed by atoms with Gasteiger partial charge in [0.1, 0.15) is 22.9 Å². The molecule has 0 saturated heterocycles. The van der Waals surface area contributed by atoms with Crippen molar-refractivity contribution in [1.82, 2.24) is 15.1 Å². The van der Waals surface area contributed by atoms with Crippen LogP contribution in [-0.2, 0) is 0 Å². The fourth-order valence-corrected chi connectivity index (χ4v) is 2.86. The standard InChI is InChI=1S/C21H18FN3O4/c1-11(2)10-28-14-6-3-12(4-7-14)19-24-21(29-25-19)17-18(26)15-8-5-13(22)9-16(15)23-20(17)27/h3-9,11H,10H2,1-2H3,(H2,23,26,27). The van der Waals surface area contributed by atoms with Gasteiger partial charge >= 0.3 is 0 Å². The predicted molar refractivity (Wildman–Crippen MR) is 105 cm³/mol. The minimum absolute atomic E-state index is 0.134. The SMILES string of the molecule is CC(C)COc1ccc(-c2noc(-c3c(O)c4ccc(F)cc4[nH]c3=O)n2)cc1. The molecule has 0 aliphatic rings. The smallest absolute Gasteiger partial charge is 0.267 e. The molecule has 8 heteroatoms. The first-order valence-electron chi connectivity index (χ1n) is 9.04. The number of aromatic amines is 1. The van der Waals surface area contributed by atoms with E-state index in [0.717, 1.165) is 11.8 Å². The molecule has 0 saturated carbocycles. The van der Waals surface area contributed by atoms with Crippen molar-refractivity contribution in [2.75, 3.05) is 6.61 Å². The summed E-state index contributed by atoms with van der Waals surface area (Å²) in [6.45, 7) is 4.74. The number of nitrogens with one attached hydrogen (secondary N) is 1. The average Bonchev–Trinajstić information content (AvgIpc) is 3.16. The van der Waals surface area contributed by atoms with Crippen LogP contribution in [0.15, 0.2) is 51.8 Å². The van der Waals surface area contributed by atoms with E-state index in [-0.39, 0.29) is 33.9 Å². The normalized spacial score (nSPS) is 11.3. The lowest BCUT2D eigenvalue weighted by Gasteiger charge is -2.08. The van der Waals surface area contributed by atoms with E-state index in [9.17, 15) is 14.3 Å². The Morgan fingerprint density at radius 1 is 1.21 bits per heavy atom. The highest BCUT2D eigenvalue weighted by Crippen LogP contribution is 2.32. The lowest BCUT2D eigenvalue weighted by molar-refractivity contribution is 0.271. The Morgan fingerprint density at radius 3 is 2.69 bits per heavy atom. The van der Waals surface area contributed by atoms with Gasteiger partial charge in [-0.25, -0.2) is 4.39 Å². The van der Waals surface area contributed by atoms with Crippen molar-refractivity contribution in [3.63, 3.8) is 0 Å². The lowest BCUT2D eigenvalue weighted by Crippen LogP contribution is -2.09. The second-order valence-corrected chi connectivity index (χ2v) is 7.02. The van der Waals surface area contributed by atoms with E-state index in [1.807, 2.05) is 0 Å². The Kier molecular flexibility index (Phi) is 4.75. The molecule has 0 radical (unpaired) electrons. The molecule has 0 amide bonds. The predicted octanol–water partition coefficient (Wildman–Crippen LogP) is 4.12. The van der Waals surface area contributed by atoms with Crippen molar-refractivity contribution in [2.24, 2.45) is 5.92 Å². The number of halogens is 1. The third kappa shape index (κ3) is 3.69. The third-order valence-electron chi connectivity index (χ3n) is 4.28. The number of ether oxygens (including phenoxy) is 1. The summed E-state index contributed by atoms with van der Waals surface area (Å²) in [7, 11) is 0. The van der Waals surface area contributed by atoms with Crippen molar-refractivity contribution in [3.8, 4) is 34.3 Å². The van der Waals surface area contributed by atoms with Gasteiger partial charge in [0.2, 0.25) is 5.82 Å². The molecule has 2 heterocycles. The summed E-state index contributed by atoms with van der Waals surface area (Å²) < 4.78 is 24.2. The topological polar surface area (TPSA) is 101 Å². The Balaban J connectivity index is 1.67. The Hall–Kier alpha value is -3.68. The van der Waals surface area contributed by atoms with E-state index in [4.69, 9.17) is 9.26 Å². The van der Waals surface area contributed by atoms with E-state index in [2.05, 4.69) is 29.0 Å². The summed E-state index contributed by atoms with van der Waals surface area (Å²) >= 11 is 0. The molecule has 148 valence electrons. The van der Waals surface area contributed by atoms with Crippen LogP contribution < -0.4 is 10.3 Å². The van der Waals surface area contributed by atoms with E-state index < -0.39 is 11.4 Å².